The molecule has 0 aromatic heterocycles. The lowest BCUT2D eigenvalue weighted by atomic mass is 9.90. The number of carbonyl (C=O) groups is 5. The zero-order valence-electron chi connectivity index (χ0n) is 18.3. The number of esters is 4. The van der Waals surface area contributed by atoms with Crippen molar-refractivity contribution in [3.8, 4) is 0 Å². The van der Waals surface area contributed by atoms with Crippen molar-refractivity contribution >= 4 is 29.8 Å². The molecule has 11 nitrogen and oxygen atoms in total. The minimum absolute atomic E-state index is 0.281. The molecular formula is C19H27F2NO10. The van der Waals surface area contributed by atoms with E-state index in [0.717, 1.165) is 27.7 Å². The van der Waals surface area contributed by atoms with E-state index in [-0.39, 0.29) is 6.61 Å². The quantitative estimate of drug-likeness (QED) is 0.371. The van der Waals surface area contributed by atoms with Gasteiger partial charge < -0.3 is 29.0 Å². The van der Waals surface area contributed by atoms with Crippen molar-refractivity contribution in [1.29, 1.82) is 0 Å². The predicted octanol–water partition coefficient (Wildman–Crippen LogP) is 0.274. The number of amides is 1. The third kappa shape index (κ3) is 7.39. The number of hydrogen-bond donors (Lipinski definition) is 1. The zero-order valence-corrected chi connectivity index (χ0v) is 18.3. The highest BCUT2D eigenvalue weighted by Gasteiger charge is 2.60. The van der Waals surface area contributed by atoms with E-state index in [9.17, 15) is 28.4 Å². The smallest absolute Gasteiger partial charge is 0.375 e. The third-order valence-electron chi connectivity index (χ3n) is 4.27. The summed E-state index contributed by atoms with van der Waals surface area (Å²) in [6.45, 7) is 4.58. The van der Waals surface area contributed by atoms with Crippen LogP contribution < -0.4 is 5.32 Å². The van der Waals surface area contributed by atoms with E-state index in [1.165, 1.54) is 6.92 Å². The summed E-state index contributed by atoms with van der Waals surface area (Å²) in [7, 11) is 0. The van der Waals surface area contributed by atoms with Crippen molar-refractivity contribution in [1.82, 2.24) is 5.32 Å². The van der Waals surface area contributed by atoms with E-state index in [2.05, 4.69) is 10.1 Å². The topological polar surface area (TPSA) is 144 Å². The van der Waals surface area contributed by atoms with Crippen LogP contribution in [0.1, 0.15) is 41.0 Å². The molecule has 1 heterocycles. The minimum Gasteiger partial charge on any atom is -0.462 e. The van der Waals surface area contributed by atoms with Crippen LogP contribution in [0.25, 0.3) is 0 Å². The molecule has 4 unspecified atom stereocenters. The molecule has 0 spiro atoms. The van der Waals surface area contributed by atoms with Gasteiger partial charge in [0.25, 0.3) is 0 Å². The highest BCUT2D eigenvalue weighted by molar-refractivity contribution is 5.79. The van der Waals surface area contributed by atoms with Gasteiger partial charge in [-0.15, -0.1) is 0 Å². The molecule has 182 valence electrons. The maximum atomic E-state index is 15.3. The molecule has 1 rings (SSSR count). The first kappa shape index (κ1) is 27.2. The van der Waals surface area contributed by atoms with Crippen LogP contribution in [-0.2, 0) is 47.7 Å². The molecule has 1 N–H and O–H groups in total. The molecule has 0 aromatic carbocycles. The van der Waals surface area contributed by atoms with Crippen LogP contribution in [0.15, 0.2) is 0 Å². The Hall–Kier alpha value is -2.83. The Morgan fingerprint density at radius 3 is 2.09 bits per heavy atom. The Morgan fingerprint density at radius 1 is 1.03 bits per heavy atom. The molecular weight excluding hydrogens is 440 g/mol. The number of nitrogens with one attached hydrogen (secondary N) is 1. The number of rotatable bonds is 9. The first-order valence-corrected chi connectivity index (χ1v) is 9.74. The minimum atomic E-state index is -3.60. The molecule has 1 amide bonds. The maximum Gasteiger partial charge on any atom is 0.375 e. The van der Waals surface area contributed by atoms with Crippen molar-refractivity contribution in [2.45, 2.75) is 77.4 Å². The first-order chi connectivity index (χ1) is 14.8. The lowest BCUT2D eigenvalue weighted by molar-refractivity contribution is -0.277. The van der Waals surface area contributed by atoms with Gasteiger partial charge in [0, 0.05) is 34.1 Å². The van der Waals surface area contributed by atoms with Crippen molar-refractivity contribution in [3.63, 3.8) is 0 Å². The molecule has 0 bridgehead atoms. The molecule has 0 aromatic rings. The molecule has 1 aliphatic heterocycles. The van der Waals surface area contributed by atoms with Crippen LogP contribution in [0.5, 0.6) is 0 Å². The number of alkyl halides is 2. The SMILES string of the molecule is CCOC(=O)C1(F)OC([C@H](OC(C)=O)[C@@H](COC(C)=O)OC(C)=O)C(NC(C)=O)CC1F. The largest absolute Gasteiger partial charge is 0.462 e. The molecule has 0 aliphatic carbocycles. The summed E-state index contributed by atoms with van der Waals surface area (Å²) >= 11 is 0. The fraction of sp³-hybridized carbons (Fsp3) is 0.737. The van der Waals surface area contributed by atoms with Gasteiger partial charge in [0.15, 0.2) is 18.4 Å². The van der Waals surface area contributed by atoms with E-state index in [1.807, 2.05) is 0 Å². The van der Waals surface area contributed by atoms with Crippen LogP contribution >= 0.6 is 0 Å². The van der Waals surface area contributed by atoms with Gasteiger partial charge in [-0.2, -0.15) is 4.39 Å². The Morgan fingerprint density at radius 2 is 1.62 bits per heavy atom. The Bertz CT molecular complexity index is 733. The fourth-order valence-electron chi connectivity index (χ4n) is 3.12. The average molecular weight is 467 g/mol. The van der Waals surface area contributed by atoms with Crippen molar-refractivity contribution in [2.24, 2.45) is 0 Å². The van der Waals surface area contributed by atoms with Gasteiger partial charge in [0.05, 0.1) is 12.6 Å². The van der Waals surface area contributed by atoms with Gasteiger partial charge in [-0.25, -0.2) is 9.18 Å². The Labute approximate surface area is 183 Å². The first-order valence-electron chi connectivity index (χ1n) is 9.74. The summed E-state index contributed by atoms with van der Waals surface area (Å²) in [6, 6.07) is -1.32. The molecule has 1 aliphatic rings. The van der Waals surface area contributed by atoms with Gasteiger partial charge in [-0.3, -0.25) is 19.2 Å². The number of halogens is 2. The van der Waals surface area contributed by atoms with Crippen molar-refractivity contribution in [2.75, 3.05) is 13.2 Å². The van der Waals surface area contributed by atoms with Crippen LogP contribution in [0, 0.1) is 0 Å². The van der Waals surface area contributed by atoms with Gasteiger partial charge in [0.1, 0.15) is 12.7 Å². The van der Waals surface area contributed by atoms with Crippen LogP contribution in [-0.4, -0.2) is 79.4 Å². The van der Waals surface area contributed by atoms with Gasteiger partial charge in [0.2, 0.25) is 5.91 Å². The van der Waals surface area contributed by atoms with E-state index in [1.54, 1.807) is 0 Å². The monoisotopic (exact) mass is 467 g/mol. The predicted molar refractivity (Wildman–Crippen MR) is 100 cm³/mol. The van der Waals surface area contributed by atoms with E-state index >= 15 is 4.39 Å². The van der Waals surface area contributed by atoms with Crippen molar-refractivity contribution in [3.05, 3.63) is 0 Å². The van der Waals surface area contributed by atoms with E-state index in [0.29, 0.717) is 0 Å². The molecule has 1 fully saturated rings. The third-order valence-corrected chi connectivity index (χ3v) is 4.27. The van der Waals surface area contributed by atoms with Crippen LogP contribution in [0.4, 0.5) is 8.78 Å². The summed E-state index contributed by atoms with van der Waals surface area (Å²) in [4.78, 5) is 58.3. The summed E-state index contributed by atoms with van der Waals surface area (Å²) in [5.74, 6) is -8.53. The summed E-state index contributed by atoms with van der Waals surface area (Å²) in [6.07, 6.45) is -8.29. The van der Waals surface area contributed by atoms with Crippen LogP contribution in [0.3, 0.4) is 0 Å². The molecule has 1 saturated heterocycles. The maximum absolute atomic E-state index is 15.3. The summed E-state index contributed by atoms with van der Waals surface area (Å²) in [5, 5.41) is 2.34. The Kier molecular flexibility index (Phi) is 9.94. The van der Waals surface area contributed by atoms with Gasteiger partial charge in [-0.1, -0.05) is 0 Å². The summed E-state index contributed by atoms with van der Waals surface area (Å²) in [5.41, 5.74) is 0. The standard InChI is InChI=1S/C19H27F2NO10/c1-6-28-18(27)19(21)15(20)7-13(22-9(2)23)16(32-19)17(31-12(5)26)14(30-11(4)25)8-29-10(3)24/h13-17H,6-8H2,1-5H3,(H,22,23)/t13?,14-,15?,16?,17-,19?/m1/s1. The highest BCUT2D eigenvalue weighted by atomic mass is 19.2. The number of hydrogen-bond acceptors (Lipinski definition) is 10. The zero-order chi connectivity index (χ0) is 24.6. The second-order valence-corrected chi connectivity index (χ2v) is 6.98. The average Bonchev–Trinajstić information content (AvgIpc) is 2.65. The normalized spacial score (nSPS) is 26.8. The molecule has 6 atom stereocenters. The fourth-order valence-corrected chi connectivity index (χ4v) is 3.12. The van der Waals surface area contributed by atoms with Gasteiger partial charge >= 0.3 is 29.7 Å². The second-order valence-electron chi connectivity index (χ2n) is 6.98. The second kappa shape index (κ2) is 11.7. The van der Waals surface area contributed by atoms with E-state index < -0.39 is 79.2 Å². The van der Waals surface area contributed by atoms with Gasteiger partial charge in [-0.05, 0) is 6.92 Å². The Balaban J connectivity index is 3.45. The highest BCUT2D eigenvalue weighted by Crippen LogP contribution is 2.37. The molecule has 13 heteroatoms. The van der Waals surface area contributed by atoms with E-state index in [4.69, 9.17) is 18.9 Å². The van der Waals surface area contributed by atoms with Crippen molar-refractivity contribution < 1.29 is 56.4 Å². The summed E-state index contributed by atoms with van der Waals surface area (Å²) < 4.78 is 54.7. The molecule has 32 heavy (non-hydrogen) atoms. The number of ether oxygens (including phenoxy) is 5. The molecule has 0 radical (unpaired) electrons. The lowest BCUT2D eigenvalue weighted by Crippen LogP contribution is -2.66. The van der Waals surface area contributed by atoms with Crippen LogP contribution in [0.2, 0.25) is 0 Å². The lowest BCUT2D eigenvalue weighted by Gasteiger charge is -2.44. The molecule has 0 saturated carbocycles. The number of carbonyl (C=O) groups excluding carboxylic acids is 5.